The Morgan fingerprint density at radius 3 is 2.85 bits per heavy atom. The van der Waals surface area contributed by atoms with Gasteiger partial charge in [-0.3, -0.25) is 14.9 Å². The highest BCUT2D eigenvalue weighted by molar-refractivity contribution is 7.15. The fourth-order valence-electron chi connectivity index (χ4n) is 2.59. The number of nitrogens with one attached hydrogen (secondary N) is 1. The summed E-state index contributed by atoms with van der Waals surface area (Å²) in [5.41, 5.74) is 0.893. The van der Waals surface area contributed by atoms with E-state index in [1.165, 1.54) is 17.4 Å². The van der Waals surface area contributed by atoms with Gasteiger partial charge in [0.1, 0.15) is 11.5 Å². The molecule has 0 spiro atoms. The first kappa shape index (κ1) is 18.8. The summed E-state index contributed by atoms with van der Waals surface area (Å²) in [7, 11) is 0. The van der Waals surface area contributed by atoms with Crippen LogP contribution in [0.4, 0.5) is 10.8 Å². The third-order valence-corrected chi connectivity index (χ3v) is 4.88. The Morgan fingerprint density at radius 1 is 1.30 bits per heavy atom. The maximum Gasteiger partial charge on any atom is 0.269 e. The first-order chi connectivity index (χ1) is 13.0. The van der Waals surface area contributed by atoms with Gasteiger partial charge in [0.15, 0.2) is 5.13 Å². The van der Waals surface area contributed by atoms with Crippen molar-refractivity contribution in [2.45, 2.75) is 32.6 Å². The van der Waals surface area contributed by atoms with Gasteiger partial charge in [0.2, 0.25) is 5.91 Å². The minimum absolute atomic E-state index is 0.0645. The molecule has 0 saturated heterocycles. The van der Waals surface area contributed by atoms with Crippen LogP contribution in [0.2, 0.25) is 0 Å². The van der Waals surface area contributed by atoms with Crippen molar-refractivity contribution in [3.63, 3.8) is 0 Å². The van der Waals surface area contributed by atoms with Crippen molar-refractivity contribution >= 4 is 28.1 Å². The van der Waals surface area contributed by atoms with Crippen molar-refractivity contribution in [1.82, 2.24) is 4.98 Å². The summed E-state index contributed by atoms with van der Waals surface area (Å²) in [6.45, 7) is 2.02. The van der Waals surface area contributed by atoms with E-state index in [-0.39, 0.29) is 11.6 Å². The number of anilines is 1. The Morgan fingerprint density at radius 2 is 2.11 bits per heavy atom. The molecule has 0 fully saturated rings. The molecule has 0 radical (unpaired) electrons. The number of benzene rings is 1. The maximum absolute atomic E-state index is 12.1. The zero-order valence-electron chi connectivity index (χ0n) is 14.8. The van der Waals surface area contributed by atoms with Gasteiger partial charge in [-0.25, -0.2) is 4.98 Å². The van der Waals surface area contributed by atoms with Crippen LogP contribution in [0.15, 0.2) is 47.0 Å². The Labute approximate surface area is 160 Å². The summed E-state index contributed by atoms with van der Waals surface area (Å²) in [6.07, 6.45) is 3.90. The molecule has 2 heterocycles. The summed E-state index contributed by atoms with van der Waals surface area (Å²) >= 11 is 1.36. The lowest BCUT2D eigenvalue weighted by molar-refractivity contribution is -0.384. The number of rotatable bonds is 8. The number of hydrogen-bond donors (Lipinski definition) is 1. The van der Waals surface area contributed by atoms with Crippen LogP contribution in [0.3, 0.4) is 0 Å². The van der Waals surface area contributed by atoms with Crippen LogP contribution in [0.5, 0.6) is 0 Å². The molecule has 27 heavy (non-hydrogen) atoms. The maximum atomic E-state index is 12.1. The van der Waals surface area contributed by atoms with Gasteiger partial charge in [0.05, 0.1) is 4.92 Å². The summed E-state index contributed by atoms with van der Waals surface area (Å²) in [5, 5.41) is 14.2. The van der Waals surface area contributed by atoms with Crippen LogP contribution in [-0.2, 0) is 24.1 Å². The second kappa shape index (κ2) is 8.59. The van der Waals surface area contributed by atoms with Crippen LogP contribution < -0.4 is 5.32 Å². The number of carbonyl (C=O) groups excluding carboxylic acids is 1. The number of aryl methyl sites for hydroxylation is 2. The average molecular weight is 385 g/mol. The topological polar surface area (TPSA) is 98.3 Å². The van der Waals surface area contributed by atoms with Gasteiger partial charge in [-0.1, -0.05) is 19.1 Å². The predicted molar refractivity (Wildman–Crippen MR) is 103 cm³/mol. The molecule has 0 bridgehead atoms. The number of carbonyl (C=O) groups is 1. The molecule has 0 aliphatic carbocycles. The zero-order valence-corrected chi connectivity index (χ0v) is 15.6. The van der Waals surface area contributed by atoms with Gasteiger partial charge in [0.25, 0.3) is 5.69 Å². The third-order valence-electron chi connectivity index (χ3n) is 3.96. The number of aromatic nitrogens is 1. The Hall–Kier alpha value is -3.00. The van der Waals surface area contributed by atoms with Crippen molar-refractivity contribution in [1.29, 1.82) is 0 Å². The SMILES string of the molecule is CCc1ccc(CCC(=O)Nc2ncc(Cc3cccc([N+](=O)[O-])c3)s2)o1. The van der Waals surface area contributed by atoms with E-state index in [2.05, 4.69) is 10.3 Å². The number of nitro groups is 1. The minimum Gasteiger partial charge on any atom is -0.466 e. The van der Waals surface area contributed by atoms with Gasteiger partial charge >= 0.3 is 0 Å². The molecular weight excluding hydrogens is 366 g/mol. The molecule has 7 nitrogen and oxygen atoms in total. The van der Waals surface area contributed by atoms with E-state index in [0.29, 0.717) is 24.4 Å². The molecule has 1 N–H and O–H groups in total. The van der Waals surface area contributed by atoms with Crippen LogP contribution in [-0.4, -0.2) is 15.8 Å². The summed E-state index contributed by atoms with van der Waals surface area (Å²) in [4.78, 5) is 27.7. The van der Waals surface area contributed by atoms with Crippen molar-refractivity contribution in [3.05, 3.63) is 74.7 Å². The molecule has 0 unspecified atom stereocenters. The van der Waals surface area contributed by atoms with Gasteiger partial charge in [-0.05, 0) is 17.7 Å². The van der Waals surface area contributed by atoms with Crippen LogP contribution in [0.25, 0.3) is 0 Å². The summed E-state index contributed by atoms with van der Waals surface area (Å²) in [5.74, 6) is 1.59. The highest BCUT2D eigenvalue weighted by Gasteiger charge is 2.11. The van der Waals surface area contributed by atoms with E-state index >= 15 is 0 Å². The van der Waals surface area contributed by atoms with Crippen molar-refractivity contribution < 1.29 is 14.1 Å². The number of nitrogens with zero attached hydrogens (tertiary/aromatic N) is 2. The Bertz CT molecular complexity index is 948. The highest BCUT2D eigenvalue weighted by atomic mass is 32.1. The summed E-state index contributed by atoms with van der Waals surface area (Å²) < 4.78 is 5.59. The van der Waals surface area contributed by atoms with Gasteiger partial charge < -0.3 is 9.73 Å². The molecule has 0 saturated carbocycles. The first-order valence-corrected chi connectivity index (χ1v) is 9.40. The Kier molecular flexibility index (Phi) is 5.97. The molecule has 8 heteroatoms. The summed E-state index contributed by atoms with van der Waals surface area (Å²) in [6, 6.07) is 10.3. The molecule has 0 aliphatic rings. The largest absolute Gasteiger partial charge is 0.466 e. The minimum atomic E-state index is -0.412. The second-order valence-electron chi connectivity index (χ2n) is 6.01. The van der Waals surface area contributed by atoms with Crippen molar-refractivity contribution in [2.75, 3.05) is 5.32 Å². The van der Waals surface area contributed by atoms with E-state index in [9.17, 15) is 14.9 Å². The molecule has 0 aliphatic heterocycles. The monoisotopic (exact) mass is 385 g/mol. The van der Waals surface area contributed by atoms with Crippen LogP contribution >= 0.6 is 11.3 Å². The molecule has 2 aromatic heterocycles. The number of furan rings is 1. The van der Waals surface area contributed by atoms with Crippen molar-refractivity contribution in [2.24, 2.45) is 0 Å². The van der Waals surface area contributed by atoms with E-state index in [0.717, 1.165) is 28.4 Å². The standard InChI is InChI=1S/C19H19N3O4S/c1-2-15-6-7-16(26-15)8-9-18(23)21-19-20-12-17(27-19)11-13-4-3-5-14(10-13)22(24)25/h3-7,10,12H,2,8-9,11H2,1H3,(H,20,21,23). The molecule has 1 aromatic carbocycles. The predicted octanol–water partition coefficient (Wildman–Crippen LogP) is 4.37. The fraction of sp³-hybridized carbons (Fsp3) is 0.263. The van der Waals surface area contributed by atoms with E-state index in [4.69, 9.17) is 4.42 Å². The quantitative estimate of drug-likeness (QED) is 0.459. The molecule has 0 atom stereocenters. The lowest BCUT2D eigenvalue weighted by atomic mass is 10.1. The number of non-ortho nitro benzene ring substituents is 1. The number of thiazole rings is 1. The molecule has 3 aromatic rings. The lowest BCUT2D eigenvalue weighted by Crippen LogP contribution is -2.11. The number of hydrogen-bond acceptors (Lipinski definition) is 6. The van der Waals surface area contributed by atoms with E-state index in [1.54, 1.807) is 18.3 Å². The lowest BCUT2D eigenvalue weighted by Gasteiger charge is -2.00. The molecule has 3 rings (SSSR count). The van der Waals surface area contributed by atoms with Crippen molar-refractivity contribution in [3.8, 4) is 0 Å². The number of nitro benzene ring substituents is 1. The van der Waals surface area contributed by atoms with Gasteiger partial charge in [-0.2, -0.15) is 0 Å². The molecule has 140 valence electrons. The van der Waals surface area contributed by atoms with Crippen LogP contribution in [0, 0.1) is 10.1 Å². The smallest absolute Gasteiger partial charge is 0.269 e. The number of amides is 1. The average Bonchev–Trinajstić information content (AvgIpc) is 3.29. The fourth-order valence-corrected chi connectivity index (χ4v) is 3.46. The third kappa shape index (κ3) is 5.24. The van der Waals surface area contributed by atoms with E-state index < -0.39 is 4.92 Å². The van der Waals surface area contributed by atoms with E-state index in [1.807, 2.05) is 25.1 Å². The molecule has 1 amide bonds. The zero-order chi connectivity index (χ0) is 19.2. The van der Waals surface area contributed by atoms with Gasteiger partial charge in [0, 0.05) is 48.9 Å². The Balaban J connectivity index is 1.53. The first-order valence-electron chi connectivity index (χ1n) is 8.59. The van der Waals surface area contributed by atoms with Gasteiger partial charge in [-0.15, -0.1) is 11.3 Å². The second-order valence-corrected chi connectivity index (χ2v) is 7.12. The highest BCUT2D eigenvalue weighted by Crippen LogP contribution is 2.23. The molecular formula is C19H19N3O4S. The van der Waals surface area contributed by atoms with Crippen LogP contribution in [0.1, 0.15) is 35.3 Å². The normalized spacial score (nSPS) is 10.7.